The van der Waals surface area contributed by atoms with Gasteiger partial charge in [0.25, 0.3) is 0 Å². The third-order valence-electron chi connectivity index (χ3n) is 2.16. The fourth-order valence-electron chi connectivity index (χ4n) is 1.32. The molecule has 0 spiro atoms. The summed E-state index contributed by atoms with van der Waals surface area (Å²) in [5.41, 5.74) is 0. The Morgan fingerprint density at radius 2 is 2.15 bits per heavy atom. The van der Waals surface area contributed by atoms with Gasteiger partial charge in [-0.15, -0.1) is 22.9 Å². The third-order valence-corrected chi connectivity index (χ3v) is 3.97. The number of halogens is 1. The van der Waals surface area contributed by atoms with Crippen LogP contribution in [-0.4, -0.2) is 5.88 Å². The zero-order valence-corrected chi connectivity index (χ0v) is 9.03. The second-order valence-electron chi connectivity index (χ2n) is 3.24. The van der Waals surface area contributed by atoms with Crippen LogP contribution in [0.5, 0.6) is 0 Å². The molecule has 0 N–H and O–H groups in total. The van der Waals surface area contributed by atoms with Gasteiger partial charge >= 0.3 is 0 Å². The summed E-state index contributed by atoms with van der Waals surface area (Å²) in [6.45, 7) is 2.16. The molecule has 0 bridgehead atoms. The predicted octanol–water partition coefficient (Wildman–Crippen LogP) is 4.24. The Hall–Kier alpha value is -0.530. The molecule has 0 saturated heterocycles. The lowest BCUT2D eigenvalue weighted by Gasteiger charge is -2.00. The van der Waals surface area contributed by atoms with E-state index in [-0.39, 0.29) is 0 Å². The van der Waals surface area contributed by atoms with Crippen LogP contribution in [0.3, 0.4) is 0 Å². The summed E-state index contributed by atoms with van der Waals surface area (Å²) in [5.74, 6) is 1.17. The summed E-state index contributed by atoms with van der Waals surface area (Å²) >= 11 is 7.67. The summed E-state index contributed by atoms with van der Waals surface area (Å²) in [7, 11) is 0. The molecule has 1 unspecified atom stereocenters. The van der Waals surface area contributed by atoms with Crippen LogP contribution in [0.25, 0.3) is 10.1 Å². The molecule has 2 aromatic rings. The zero-order valence-electron chi connectivity index (χ0n) is 7.46. The molecule has 0 nitrogen and oxygen atoms in total. The number of hydrogen-bond donors (Lipinski definition) is 0. The van der Waals surface area contributed by atoms with Crippen LogP contribution in [-0.2, 0) is 0 Å². The Morgan fingerprint density at radius 1 is 1.38 bits per heavy atom. The van der Waals surface area contributed by atoms with Gasteiger partial charge in [0.1, 0.15) is 0 Å². The Morgan fingerprint density at radius 3 is 2.85 bits per heavy atom. The van der Waals surface area contributed by atoms with E-state index in [9.17, 15) is 0 Å². The molecule has 0 aliphatic rings. The average molecular weight is 211 g/mol. The van der Waals surface area contributed by atoms with Crippen LogP contribution in [0, 0.1) is 0 Å². The van der Waals surface area contributed by atoms with E-state index in [2.05, 4.69) is 37.3 Å². The van der Waals surface area contributed by atoms with E-state index in [1.54, 1.807) is 0 Å². The lowest BCUT2D eigenvalue weighted by atomic mass is 10.1. The van der Waals surface area contributed by atoms with Crippen molar-refractivity contribution in [2.45, 2.75) is 12.8 Å². The van der Waals surface area contributed by atoms with Crippen molar-refractivity contribution in [1.82, 2.24) is 0 Å². The van der Waals surface area contributed by atoms with Crippen molar-refractivity contribution in [3.63, 3.8) is 0 Å². The van der Waals surface area contributed by atoms with Gasteiger partial charge in [-0.2, -0.15) is 0 Å². The summed E-state index contributed by atoms with van der Waals surface area (Å²) in [4.78, 5) is 1.39. The Labute approximate surface area is 87.2 Å². The molecule has 1 atom stereocenters. The SMILES string of the molecule is CC(CCl)c1cc2ccccc2s1. The van der Waals surface area contributed by atoms with Crippen LogP contribution in [0.15, 0.2) is 30.3 Å². The van der Waals surface area contributed by atoms with Gasteiger partial charge in [-0.1, -0.05) is 25.1 Å². The molecule has 1 aromatic heterocycles. The number of hydrogen-bond acceptors (Lipinski definition) is 1. The van der Waals surface area contributed by atoms with E-state index < -0.39 is 0 Å². The summed E-state index contributed by atoms with van der Waals surface area (Å²) in [6, 6.07) is 10.7. The topological polar surface area (TPSA) is 0 Å². The zero-order chi connectivity index (χ0) is 9.26. The number of fused-ring (bicyclic) bond motifs is 1. The highest BCUT2D eigenvalue weighted by Gasteiger charge is 2.07. The highest BCUT2D eigenvalue weighted by atomic mass is 35.5. The van der Waals surface area contributed by atoms with Crippen LogP contribution < -0.4 is 0 Å². The number of benzene rings is 1. The van der Waals surface area contributed by atoms with Gasteiger partial charge in [-0.25, -0.2) is 0 Å². The molecule has 13 heavy (non-hydrogen) atoms. The Bertz CT molecular complexity index is 372. The minimum Gasteiger partial charge on any atom is -0.140 e. The predicted molar refractivity (Wildman–Crippen MR) is 61.0 cm³/mol. The van der Waals surface area contributed by atoms with Crippen LogP contribution in [0.1, 0.15) is 17.7 Å². The van der Waals surface area contributed by atoms with Crippen LogP contribution >= 0.6 is 22.9 Å². The van der Waals surface area contributed by atoms with Crippen molar-refractivity contribution in [2.24, 2.45) is 0 Å². The first-order valence-corrected chi connectivity index (χ1v) is 5.71. The number of rotatable bonds is 2. The van der Waals surface area contributed by atoms with Crippen LogP contribution in [0.4, 0.5) is 0 Å². The van der Waals surface area contributed by atoms with Gasteiger partial charge in [0.15, 0.2) is 0 Å². The Kier molecular flexibility index (Phi) is 2.56. The summed E-state index contributed by atoms with van der Waals surface area (Å²) in [5, 5.41) is 1.33. The van der Waals surface area contributed by atoms with Gasteiger partial charge in [0, 0.05) is 21.4 Å². The maximum absolute atomic E-state index is 5.82. The van der Waals surface area contributed by atoms with Gasteiger partial charge in [0.05, 0.1) is 0 Å². The summed E-state index contributed by atoms with van der Waals surface area (Å²) in [6.07, 6.45) is 0. The van der Waals surface area contributed by atoms with E-state index in [1.165, 1.54) is 15.0 Å². The number of thiophene rings is 1. The van der Waals surface area contributed by atoms with Crippen molar-refractivity contribution >= 4 is 33.0 Å². The van der Waals surface area contributed by atoms with Crippen molar-refractivity contribution in [2.75, 3.05) is 5.88 Å². The fourth-order valence-corrected chi connectivity index (χ4v) is 2.69. The molecule has 2 heteroatoms. The van der Waals surface area contributed by atoms with Gasteiger partial charge in [-0.3, -0.25) is 0 Å². The molecule has 0 amide bonds. The van der Waals surface area contributed by atoms with E-state index in [0.717, 1.165) is 0 Å². The maximum Gasteiger partial charge on any atom is 0.0345 e. The van der Waals surface area contributed by atoms with Gasteiger partial charge in [-0.05, 0) is 17.5 Å². The first-order valence-electron chi connectivity index (χ1n) is 4.35. The van der Waals surface area contributed by atoms with Crippen molar-refractivity contribution < 1.29 is 0 Å². The molecule has 1 heterocycles. The van der Waals surface area contributed by atoms with Crippen molar-refractivity contribution in [1.29, 1.82) is 0 Å². The highest BCUT2D eigenvalue weighted by molar-refractivity contribution is 7.19. The average Bonchev–Trinajstić information content (AvgIpc) is 2.59. The second kappa shape index (κ2) is 3.69. The monoisotopic (exact) mass is 210 g/mol. The Balaban J connectivity index is 2.49. The molecule has 2 rings (SSSR count). The van der Waals surface area contributed by atoms with E-state index in [0.29, 0.717) is 11.8 Å². The molecular weight excluding hydrogens is 200 g/mol. The second-order valence-corrected chi connectivity index (χ2v) is 4.67. The van der Waals surface area contributed by atoms with Gasteiger partial charge < -0.3 is 0 Å². The largest absolute Gasteiger partial charge is 0.140 e. The number of alkyl halides is 1. The molecule has 0 radical (unpaired) electrons. The van der Waals surface area contributed by atoms with Crippen molar-refractivity contribution in [3.8, 4) is 0 Å². The lowest BCUT2D eigenvalue weighted by Crippen LogP contribution is -1.88. The lowest BCUT2D eigenvalue weighted by molar-refractivity contribution is 0.899. The molecule has 0 aliphatic carbocycles. The quantitative estimate of drug-likeness (QED) is 0.651. The first kappa shape index (κ1) is 9.04. The van der Waals surface area contributed by atoms with Crippen molar-refractivity contribution in [3.05, 3.63) is 35.2 Å². The molecule has 68 valence electrons. The van der Waals surface area contributed by atoms with Crippen LogP contribution in [0.2, 0.25) is 0 Å². The summed E-state index contributed by atoms with van der Waals surface area (Å²) < 4.78 is 1.36. The minimum absolute atomic E-state index is 0.471. The molecule has 0 aliphatic heterocycles. The van der Waals surface area contributed by atoms with Gasteiger partial charge in [0.2, 0.25) is 0 Å². The van der Waals surface area contributed by atoms with E-state index in [1.807, 2.05) is 11.3 Å². The standard InChI is InChI=1S/C11H11ClS/c1-8(7-12)11-6-9-4-2-3-5-10(9)13-11/h2-6,8H,7H2,1H3. The normalized spacial score (nSPS) is 13.4. The molecule has 1 aromatic carbocycles. The fraction of sp³-hybridized carbons (Fsp3) is 0.273. The molecule has 0 fully saturated rings. The van der Waals surface area contributed by atoms with E-state index >= 15 is 0 Å². The maximum atomic E-state index is 5.82. The highest BCUT2D eigenvalue weighted by Crippen LogP contribution is 2.30. The molecule has 0 saturated carbocycles. The third kappa shape index (κ3) is 1.72. The molecular formula is C11H11ClS. The van der Waals surface area contributed by atoms with E-state index in [4.69, 9.17) is 11.6 Å². The minimum atomic E-state index is 0.471. The smallest absolute Gasteiger partial charge is 0.0345 e. The first-order chi connectivity index (χ1) is 6.31.